The zero-order chi connectivity index (χ0) is 15.9. The molecule has 1 saturated heterocycles. The Labute approximate surface area is 130 Å². The second-order valence-corrected chi connectivity index (χ2v) is 5.40. The van der Waals surface area contributed by atoms with Crippen LogP contribution >= 0.6 is 0 Å². The molecule has 120 valence electrons. The van der Waals surface area contributed by atoms with Gasteiger partial charge in [-0.1, -0.05) is 12.1 Å². The fraction of sp³-hybridized carbons (Fsp3) is 0.500. The SMILES string of the molecule is COCc1cccc(NC(=O)C(=O)NC(C)C2CCCO2)c1. The zero-order valence-corrected chi connectivity index (χ0v) is 12.9. The number of rotatable bonds is 5. The van der Waals surface area contributed by atoms with Crippen molar-refractivity contribution in [3.63, 3.8) is 0 Å². The minimum Gasteiger partial charge on any atom is -0.380 e. The number of carbonyl (C=O) groups is 2. The summed E-state index contributed by atoms with van der Waals surface area (Å²) < 4.78 is 10.5. The van der Waals surface area contributed by atoms with Gasteiger partial charge in [0.15, 0.2) is 0 Å². The second kappa shape index (κ2) is 7.91. The topological polar surface area (TPSA) is 76.7 Å². The van der Waals surface area contributed by atoms with Crippen molar-refractivity contribution in [2.75, 3.05) is 19.0 Å². The van der Waals surface area contributed by atoms with E-state index in [-0.39, 0.29) is 12.1 Å². The molecule has 0 bridgehead atoms. The number of anilines is 1. The number of hydrogen-bond acceptors (Lipinski definition) is 4. The van der Waals surface area contributed by atoms with Gasteiger partial charge in [-0.2, -0.15) is 0 Å². The van der Waals surface area contributed by atoms with Crippen molar-refractivity contribution in [1.82, 2.24) is 5.32 Å². The second-order valence-electron chi connectivity index (χ2n) is 5.40. The number of amides is 2. The number of benzene rings is 1. The van der Waals surface area contributed by atoms with Gasteiger partial charge in [0, 0.05) is 19.4 Å². The van der Waals surface area contributed by atoms with E-state index in [0.717, 1.165) is 18.4 Å². The van der Waals surface area contributed by atoms with E-state index in [4.69, 9.17) is 9.47 Å². The molecule has 0 aromatic heterocycles. The monoisotopic (exact) mass is 306 g/mol. The van der Waals surface area contributed by atoms with Crippen LogP contribution in [0, 0.1) is 0 Å². The molecule has 2 N–H and O–H groups in total. The summed E-state index contributed by atoms with van der Waals surface area (Å²) in [7, 11) is 1.60. The molecule has 1 heterocycles. The molecule has 1 aliphatic heterocycles. The minimum absolute atomic E-state index is 0.0122. The Morgan fingerprint density at radius 3 is 2.91 bits per heavy atom. The van der Waals surface area contributed by atoms with E-state index < -0.39 is 11.8 Å². The quantitative estimate of drug-likeness (QED) is 0.807. The minimum atomic E-state index is -0.681. The van der Waals surface area contributed by atoms with E-state index in [1.807, 2.05) is 13.0 Å². The molecule has 0 spiro atoms. The van der Waals surface area contributed by atoms with E-state index >= 15 is 0 Å². The van der Waals surface area contributed by atoms with Crippen molar-refractivity contribution in [3.8, 4) is 0 Å². The first-order valence-electron chi connectivity index (χ1n) is 7.41. The number of methoxy groups -OCH3 is 1. The Bertz CT molecular complexity index is 527. The third kappa shape index (κ3) is 4.54. The van der Waals surface area contributed by atoms with Gasteiger partial charge < -0.3 is 20.1 Å². The predicted octanol–water partition coefficient (Wildman–Crippen LogP) is 1.46. The summed E-state index contributed by atoms with van der Waals surface area (Å²) in [4.78, 5) is 23.9. The highest BCUT2D eigenvalue weighted by Crippen LogP contribution is 2.15. The smallest absolute Gasteiger partial charge is 0.313 e. The van der Waals surface area contributed by atoms with E-state index in [2.05, 4.69) is 10.6 Å². The number of hydrogen-bond donors (Lipinski definition) is 2. The lowest BCUT2D eigenvalue weighted by molar-refractivity contribution is -0.137. The summed E-state index contributed by atoms with van der Waals surface area (Å²) in [5.41, 5.74) is 1.49. The van der Waals surface area contributed by atoms with Gasteiger partial charge >= 0.3 is 11.8 Å². The molecule has 1 aromatic carbocycles. The molecule has 0 aliphatic carbocycles. The molecule has 0 saturated carbocycles. The van der Waals surface area contributed by atoms with Crippen LogP contribution in [0.4, 0.5) is 5.69 Å². The fourth-order valence-corrected chi connectivity index (χ4v) is 2.46. The zero-order valence-electron chi connectivity index (χ0n) is 12.9. The molecule has 2 rings (SSSR count). The van der Waals surface area contributed by atoms with Crippen LogP contribution in [0.25, 0.3) is 0 Å². The highest BCUT2D eigenvalue weighted by molar-refractivity contribution is 6.39. The molecule has 1 fully saturated rings. The maximum atomic E-state index is 11.9. The summed E-state index contributed by atoms with van der Waals surface area (Å²) in [6, 6.07) is 7.02. The lowest BCUT2D eigenvalue weighted by atomic mass is 10.1. The van der Waals surface area contributed by atoms with Gasteiger partial charge in [-0.3, -0.25) is 9.59 Å². The third-order valence-corrected chi connectivity index (χ3v) is 3.58. The average molecular weight is 306 g/mol. The van der Waals surface area contributed by atoms with Gasteiger partial charge in [-0.15, -0.1) is 0 Å². The Hall–Kier alpha value is -1.92. The van der Waals surface area contributed by atoms with Crippen LogP contribution in [0.5, 0.6) is 0 Å². The van der Waals surface area contributed by atoms with Crippen LogP contribution in [-0.4, -0.2) is 37.7 Å². The maximum absolute atomic E-state index is 11.9. The van der Waals surface area contributed by atoms with Crippen molar-refractivity contribution in [2.24, 2.45) is 0 Å². The van der Waals surface area contributed by atoms with Crippen molar-refractivity contribution in [1.29, 1.82) is 0 Å². The molecule has 1 aromatic rings. The summed E-state index contributed by atoms with van der Waals surface area (Å²) in [6.45, 7) is 3.01. The Morgan fingerprint density at radius 2 is 2.23 bits per heavy atom. The van der Waals surface area contributed by atoms with E-state index in [1.165, 1.54) is 0 Å². The molecule has 2 atom stereocenters. The summed E-state index contributed by atoms with van der Waals surface area (Å²) in [6.07, 6.45) is 1.88. The summed E-state index contributed by atoms with van der Waals surface area (Å²) >= 11 is 0. The number of ether oxygens (including phenoxy) is 2. The molecule has 22 heavy (non-hydrogen) atoms. The van der Waals surface area contributed by atoms with Crippen molar-refractivity contribution < 1.29 is 19.1 Å². The lowest BCUT2D eigenvalue weighted by Crippen LogP contribution is -2.45. The Kier molecular flexibility index (Phi) is 5.91. The van der Waals surface area contributed by atoms with Crippen LogP contribution in [-0.2, 0) is 25.7 Å². The average Bonchev–Trinajstić information content (AvgIpc) is 3.02. The molecule has 6 heteroatoms. The molecule has 2 unspecified atom stereocenters. The standard InChI is InChI=1S/C16H22N2O4/c1-11(14-7-4-8-22-14)17-15(19)16(20)18-13-6-3-5-12(9-13)10-21-2/h3,5-6,9,11,14H,4,7-8,10H2,1-2H3,(H,17,19)(H,18,20). The van der Waals surface area contributed by atoms with Crippen molar-refractivity contribution >= 4 is 17.5 Å². The first kappa shape index (κ1) is 16.5. The predicted molar refractivity (Wildman–Crippen MR) is 82.4 cm³/mol. The molecule has 6 nitrogen and oxygen atoms in total. The highest BCUT2D eigenvalue weighted by atomic mass is 16.5. The van der Waals surface area contributed by atoms with E-state index in [1.54, 1.807) is 25.3 Å². The normalized spacial score (nSPS) is 18.7. The first-order valence-corrected chi connectivity index (χ1v) is 7.41. The summed E-state index contributed by atoms with van der Waals surface area (Å²) in [5, 5.41) is 5.27. The van der Waals surface area contributed by atoms with Gasteiger partial charge in [-0.05, 0) is 37.5 Å². The number of carbonyl (C=O) groups excluding carboxylic acids is 2. The first-order chi connectivity index (χ1) is 10.6. The molecular weight excluding hydrogens is 284 g/mol. The molecule has 2 amide bonds. The van der Waals surface area contributed by atoms with E-state index in [9.17, 15) is 9.59 Å². The molecular formula is C16H22N2O4. The van der Waals surface area contributed by atoms with Gasteiger partial charge in [0.25, 0.3) is 0 Å². The van der Waals surface area contributed by atoms with Crippen molar-refractivity contribution in [3.05, 3.63) is 29.8 Å². The fourth-order valence-electron chi connectivity index (χ4n) is 2.46. The summed E-state index contributed by atoms with van der Waals surface area (Å²) in [5.74, 6) is -1.33. The van der Waals surface area contributed by atoms with Gasteiger partial charge in [0.2, 0.25) is 0 Å². The van der Waals surface area contributed by atoms with Crippen LogP contribution in [0.15, 0.2) is 24.3 Å². The van der Waals surface area contributed by atoms with Crippen LogP contribution in [0.2, 0.25) is 0 Å². The largest absolute Gasteiger partial charge is 0.380 e. The van der Waals surface area contributed by atoms with Crippen LogP contribution in [0.3, 0.4) is 0 Å². The van der Waals surface area contributed by atoms with E-state index in [0.29, 0.717) is 18.9 Å². The maximum Gasteiger partial charge on any atom is 0.313 e. The van der Waals surface area contributed by atoms with Crippen LogP contribution < -0.4 is 10.6 Å². The van der Waals surface area contributed by atoms with Gasteiger partial charge in [0.1, 0.15) is 0 Å². The van der Waals surface area contributed by atoms with Gasteiger partial charge in [0.05, 0.1) is 18.8 Å². The van der Waals surface area contributed by atoms with Gasteiger partial charge in [-0.25, -0.2) is 0 Å². The Balaban J connectivity index is 1.87. The number of nitrogens with one attached hydrogen (secondary N) is 2. The molecule has 1 aliphatic rings. The Morgan fingerprint density at radius 1 is 1.41 bits per heavy atom. The third-order valence-electron chi connectivity index (χ3n) is 3.58. The highest BCUT2D eigenvalue weighted by Gasteiger charge is 2.25. The molecule has 0 radical (unpaired) electrons. The van der Waals surface area contributed by atoms with Crippen LogP contribution in [0.1, 0.15) is 25.3 Å². The van der Waals surface area contributed by atoms with Crippen molar-refractivity contribution in [2.45, 2.75) is 38.5 Å². The lowest BCUT2D eigenvalue weighted by Gasteiger charge is -2.19.